The van der Waals surface area contributed by atoms with Crippen molar-refractivity contribution >= 4 is 22.9 Å². The van der Waals surface area contributed by atoms with Gasteiger partial charge < -0.3 is 9.84 Å². The van der Waals surface area contributed by atoms with Crippen molar-refractivity contribution in [1.82, 2.24) is 15.1 Å². The predicted molar refractivity (Wildman–Crippen MR) is 127 cm³/mol. The number of nitrogens with one attached hydrogen (secondary N) is 1. The van der Waals surface area contributed by atoms with E-state index in [-0.39, 0.29) is 12.6 Å². The summed E-state index contributed by atoms with van der Waals surface area (Å²) < 4.78 is 20.8. The fourth-order valence-electron chi connectivity index (χ4n) is 5.15. The third-order valence-corrected chi connectivity index (χ3v) is 6.58. The molecule has 0 amide bonds. The number of halogens is 1. The number of alkyl halides is 1. The average molecular weight is 452 g/mol. The van der Waals surface area contributed by atoms with Gasteiger partial charge in [-0.05, 0) is 69.0 Å². The van der Waals surface area contributed by atoms with Crippen LogP contribution in [0.5, 0.6) is 5.75 Å². The molecule has 0 bridgehead atoms. The Kier molecular flexibility index (Phi) is 5.78. The monoisotopic (exact) mass is 451 g/mol. The number of carbonyl (C=O) groups is 1. The summed E-state index contributed by atoms with van der Waals surface area (Å²) in [5, 5.41) is 17.3. The molecule has 0 fully saturated rings. The summed E-state index contributed by atoms with van der Waals surface area (Å²) in [6.45, 7) is 7.70. The van der Waals surface area contributed by atoms with E-state index in [9.17, 15) is 4.79 Å². The van der Waals surface area contributed by atoms with Crippen LogP contribution < -0.4 is 4.74 Å². The summed E-state index contributed by atoms with van der Waals surface area (Å²) in [5.74, 6) is -0.389. The smallest absolute Gasteiger partial charge is 0.328 e. The lowest BCUT2D eigenvalue weighted by molar-refractivity contribution is -0.131. The van der Waals surface area contributed by atoms with Gasteiger partial charge in [0.05, 0.1) is 24.4 Å². The van der Waals surface area contributed by atoms with Gasteiger partial charge in [0.1, 0.15) is 11.4 Å². The van der Waals surface area contributed by atoms with Crippen LogP contribution in [0.1, 0.15) is 49.9 Å². The number of nitrogens with zero attached hydrogens (tertiary/aromatic N) is 2. The van der Waals surface area contributed by atoms with E-state index in [1.54, 1.807) is 21.0 Å². The number of ether oxygens (including phenoxy) is 1. The van der Waals surface area contributed by atoms with Gasteiger partial charge in [-0.25, -0.2) is 9.18 Å². The zero-order chi connectivity index (χ0) is 24.0. The number of aromatic amines is 1. The van der Waals surface area contributed by atoms with E-state index in [0.29, 0.717) is 11.3 Å². The van der Waals surface area contributed by atoms with E-state index in [0.717, 1.165) is 34.5 Å². The minimum atomic E-state index is -1.40. The zero-order valence-electron chi connectivity index (χ0n) is 19.6. The minimum Gasteiger partial charge on any atom is -0.496 e. The molecule has 2 heterocycles. The van der Waals surface area contributed by atoms with E-state index in [4.69, 9.17) is 9.84 Å². The number of aliphatic carboxylic acids is 1. The normalized spacial score (nSPS) is 21.5. The van der Waals surface area contributed by atoms with Crippen LogP contribution in [0.4, 0.5) is 4.39 Å². The van der Waals surface area contributed by atoms with E-state index >= 15 is 4.39 Å². The molecule has 2 aromatic carbocycles. The van der Waals surface area contributed by atoms with Crippen molar-refractivity contribution in [2.24, 2.45) is 0 Å². The van der Waals surface area contributed by atoms with Crippen molar-refractivity contribution in [3.63, 3.8) is 0 Å². The molecule has 1 aliphatic heterocycles. The number of hydrogen-bond donors (Lipinski definition) is 2. The summed E-state index contributed by atoms with van der Waals surface area (Å²) in [6.07, 6.45) is 5.26. The van der Waals surface area contributed by atoms with Gasteiger partial charge in [-0.15, -0.1) is 0 Å². The number of methoxy groups -OCH3 is 1. The lowest BCUT2D eigenvalue weighted by atomic mass is 9.73. The van der Waals surface area contributed by atoms with Gasteiger partial charge in [0.2, 0.25) is 0 Å². The number of carboxylic acids is 1. The first kappa shape index (κ1) is 23.0. The molecular weight excluding hydrogens is 421 g/mol. The maximum atomic E-state index is 15.1. The van der Waals surface area contributed by atoms with Crippen molar-refractivity contribution in [2.75, 3.05) is 13.7 Å². The molecule has 174 valence electrons. The van der Waals surface area contributed by atoms with Gasteiger partial charge in [0, 0.05) is 29.6 Å². The van der Waals surface area contributed by atoms with Gasteiger partial charge in [-0.3, -0.25) is 10.00 Å². The van der Waals surface area contributed by atoms with E-state index in [1.165, 1.54) is 11.6 Å². The fraction of sp³-hybridized carbons (Fsp3) is 0.385. The van der Waals surface area contributed by atoms with Crippen LogP contribution in [-0.2, 0) is 16.8 Å². The molecule has 2 N–H and O–H groups in total. The van der Waals surface area contributed by atoms with Gasteiger partial charge in [0.25, 0.3) is 0 Å². The second kappa shape index (κ2) is 8.30. The average Bonchev–Trinajstić information content (AvgIpc) is 3.23. The third kappa shape index (κ3) is 4.13. The molecule has 0 aliphatic carbocycles. The Morgan fingerprint density at radius 2 is 2.09 bits per heavy atom. The van der Waals surface area contributed by atoms with E-state index in [2.05, 4.69) is 35.0 Å². The minimum absolute atomic E-state index is 0.0642. The first-order chi connectivity index (χ1) is 15.5. The highest BCUT2D eigenvalue weighted by molar-refractivity contribution is 5.86. The quantitative estimate of drug-likeness (QED) is 0.520. The topological polar surface area (TPSA) is 78.5 Å². The third-order valence-electron chi connectivity index (χ3n) is 6.58. The molecule has 2 atom stereocenters. The van der Waals surface area contributed by atoms with Gasteiger partial charge in [-0.2, -0.15) is 5.10 Å². The highest BCUT2D eigenvalue weighted by Gasteiger charge is 2.47. The van der Waals surface area contributed by atoms with Crippen LogP contribution in [-0.4, -0.2) is 51.5 Å². The lowest BCUT2D eigenvalue weighted by Crippen LogP contribution is -2.57. The van der Waals surface area contributed by atoms with Crippen LogP contribution in [0, 0.1) is 0 Å². The second-order valence-corrected chi connectivity index (χ2v) is 9.53. The number of carboxylic acid groups (broad SMARTS) is 1. The van der Waals surface area contributed by atoms with Crippen molar-refractivity contribution in [3.05, 3.63) is 64.9 Å². The number of H-pyrrole nitrogens is 1. The van der Waals surface area contributed by atoms with Crippen LogP contribution in [0.2, 0.25) is 0 Å². The Morgan fingerprint density at radius 1 is 1.36 bits per heavy atom. The Bertz CT molecular complexity index is 1230. The second-order valence-electron chi connectivity index (χ2n) is 9.53. The van der Waals surface area contributed by atoms with Gasteiger partial charge in [-0.1, -0.05) is 18.2 Å². The van der Waals surface area contributed by atoms with Crippen LogP contribution >= 0.6 is 0 Å². The summed E-state index contributed by atoms with van der Waals surface area (Å²) in [7, 11) is 1.60. The van der Waals surface area contributed by atoms with E-state index < -0.39 is 17.2 Å². The highest BCUT2D eigenvalue weighted by Crippen LogP contribution is 2.48. The molecule has 1 aromatic heterocycles. The number of rotatable bonds is 6. The number of benzene rings is 2. The van der Waals surface area contributed by atoms with Crippen molar-refractivity contribution in [2.45, 2.75) is 51.4 Å². The summed E-state index contributed by atoms with van der Waals surface area (Å²) >= 11 is 0. The molecule has 0 saturated carbocycles. The maximum absolute atomic E-state index is 15.1. The molecule has 33 heavy (non-hydrogen) atoms. The molecule has 3 aromatic rings. The van der Waals surface area contributed by atoms with Crippen molar-refractivity contribution in [1.29, 1.82) is 0 Å². The zero-order valence-corrected chi connectivity index (χ0v) is 19.6. The fourth-order valence-corrected chi connectivity index (χ4v) is 5.15. The van der Waals surface area contributed by atoms with Gasteiger partial charge in [0.15, 0.2) is 0 Å². The van der Waals surface area contributed by atoms with Crippen molar-refractivity contribution in [3.8, 4) is 5.75 Å². The van der Waals surface area contributed by atoms with Gasteiger partial charge >= 0.3 is 5.97 Å². The van der Waals surface area contributed by atoms with E-state index in [1.807, 2.05) is 30.5 Å². The summed E-state index contributed by atoms with van der Waals surface area (Å²) in [6, 6.07) is 9.83. The molecule has 0 unspecified atom stereocenters. The highest BCUT2D eigenvalue weighted by atomic mass is 19.1. The Labute approximate surface area is 193 Å². The van der Waals surface area contributed by atoms with Crippen LogP contribution in [0.25, 0.3) is 17.0 Å². The first-order valence-electron chi connectivity index (χ1n) is 11.0. The molecule has 0 radical (unpaired) electrons. The summed E-state index contributed by atoms with van der Waals surface area (Å²) in [5.41, 5.74) is 2.80. The molecule has 7 heteroatoms. The lowest BCUT2D eigenvalue weighted by Gasteiger charge is -2.51. The molecular formula is C26H30FN3O3. The molecule has 4 rings (SSSR count). The maximum Gasteiger partial charge on any atom is 0.328 e. The van der Waals surface area contributed by atoms with Crippen LogP contribution in [0.3, 0.4) is 0 Å². The largest absolute Gasteiger partial charge is 0.496 e. The Hall–Kier alpha value is -3.19. The predicted octanol–water partition coefficient (Wildman–Crippen LogP) is 4.93. The standard InChI is InChI=1S/C26H30FN3O3/c1-16-12-18-19-14-28-29-22(19)10-9-20(18)26(4,30(16)15-25(2,3)27)21-8-6-17(7-11-24(31)32)13-23(21)33-5/h6-11,13-14,16H,12,15H2,1-5H3,(H,28,29)(H,31,32)/b11-7+/t16-,26-/m1/s1. The Morgan fingerprint density at radius 3 is 2.76 bits per heavy atom. The summed E-state index contributed by atoms with van der Waals surface area (Å²) in [4.78, 5) is 13.2. The molecule has 0 saturated heterocycles. The molecule has 1 aliphatic rings. The number of aromatic nitrogens is 2. The molecule has 0 spiro atoms. The SMILES string of the molecule is COc1cc(/C=C/C(=O)O)ccc1[C@@]1(C)c2ccc3[nH]ncc3c2C[C@@H](C)N1CC(C)(C)F. The number of fused-ring (bicyclic) bond motifs is 3. The van der Waals surface area contributed by atoms with Crippen LogP contribution in [0.15, 0.2) is 42.6 Å². The molecule has 6 nitrogen and oxygen atoms in total. The van der Waals surface area contributed by atoms with Crippen molar-refractivity contribution < 1.29 is 19.0 Å². The Balaban J connectivity index is 1.96. The first-order valence-corrected chi connectivity index (χ1v) is 11.0. The number of hydrogen-bond acceptors (Lipinski definition) is 4.